The van der Waals surface area contributed by atoms with Gasteiger partial charge in [0.15, 0.2) is 0 Å². The van der Waals surface area contributed by atoms with Crippen LogP contribution < -0.4 is 10.6 Å². The summed E-state index contributed by atoms with van der Waals surface area (Å²) >= 11 is 0. The van der Waals surface area contributed by atoms with E-state index in [1.54, 1.807) is 0 Å². The fourth-order valence-corrected chi connectivity index (χ4v) is 11.4. The van der Waals surface area contributed by atoms with Crippen LogP contribution in [0, 0.1) is 11.8 Å². The number of imidazole rings is 2. The van der Waals surface area contributed by atoms with Gasteiger partial charge in [0.05, 0.1) is 49.2 Å². The minimum atomic E-state index is -0.894. The molecule has 0 unspecified atom stereocenters. The number of methoxy groups -OCH3 is 2. The molecule has 14 nitrogen and oxygen atoms in total. The van der Waals surface area contributed by atoms with E-state index < -0.39 is 24.3 Å². The van der Waals surface area contributed by atoms with E-state index in [1.165, 1.54) is 14.2 Å². The quantitative estimate of drug-likeness (QED) is 0.105. The van der Waals surface area contributed by atoms with E-state index in [1.807, 2.05) is 82.7 Å². The lowest BCUT2D eigenvalue weighted by molar-refractivity contribution is -0.138. The summed E-state index contributed by atoms with van der Waals surface area (Å²) in [5.74, 6) is 1.86. The Balaban J connectivity index is 0.892. The number of benzene rings is 4. The number of H-pyrrole nitrogens is 2. The van der Waals surface area contributed by atoms with Gasteiger partial charge in [-0.05, 0) is 90.3 Å². The number of rotatable bonds is 10. The Morgan fingerprint density at radius 2 is 1.11 bits per heavy atom. The van der Waals surface area contributed by atoms with Gasteiger partial charge in [-0.3, -0.25) is 9.59 Å². The van der Waals surface area contributed by atoms with Gasteiger partial charge >= 0.3 is 12.2 Å². The second-order valence-corrected chi connectivity index (χ2v) is 18.3. The number of alkyl carbamates (subject to hydrolysis) is 2. The molecule has 4 N–H and O–H groups in total. The van der Waals surface area contributed by atoms with E-state index >= 15 is 0 Å². The molecule has 4 heterocycles. The summed E-state index contributed by atoms with van der Waals surface area (Å²) in [6.45, 7) is 0. The van der Waals surface area contributed by atoms with Crippen LogP contribution in [0.3, 0.4) is 0 Å². The summed E-state index contributed by atoms with van der Waals surface area (Å²) in [5, 5.41) is 5.63. The van der Waals surface area contributed by atoms with E-state index in [2.05, 4.69) is 57.0 Å². The SMILES string of the molecule is COC(=O)N[C@@H](C(=O)N1[C@H](c2ncc(-c3ccc(-c4ccc5[nH]c([C@@H]6C[C@@H]7CCCC[C@@H]7N6C(=O)[C@H](NC(=O)OC)c6ccccc6)nc5c4)cc3)[nH]2)C[C@@H]2CCCC[C@@H]21)c1ccccc1. The first-order valence-corrected chi connectivity index (χ1v) is 23.4. The van der Waals surface area contributed by atoms with Crippen molar-refractivity contribution in [2.45, 2.75) is 100 Å². The fraction of sp³-hybridized carbons (Fsp3) is 0.385. The first-order valence-electron chi connectivity index (χ1n) is 23.4. The van der Waals surface area contributed by atoms with Crippen LogP contribution in [-0.2, 0) is 19.1 Å². The summed E-state index contributed by atoms with van der Waals surface area (Å²) < 4.78 is 9.91. The highest BCUT2D eigenvalue weighted by molar-refractivity contribution is 5.89. The predicted molar refractivity (Wildman–Crippen MR) is 248 cm³/mol. The summed E-state index contributed by atoms with van der Waals surface area (Å²) in [7, 11) is 2.61. The van der Waals surface area contributed by atoms with Crippen LogP contribution in [0.25, 0.3) is 33.4 Å². The molecule has 340 valence electrons. The number of nitrogens with zero attached hydrogens (tertiary/aromatic N) is 4. The van der Waals surface area contributed by atoms with Gasteiger partial charge in [-0.2, -0.15) is 0 Å². The molecule has 0 radical (unpaired) electrons. The van der Waals surface area contributed by atoms with Crippen LogP contribution in [0.4, 0.5) is 9.59 Å². The molecule has 4 fully saturated rings. The molecule has 4 aromatic carbocycles. The number of aromatic nitrogens is 4. The summed E-state index contributed by atoms with van der Waals surface area (Å²) in [5.41, 5.74) is 6.95. The third-order valence-corrected chi connectivity index (χ3v) is 14.6. The Bertz CT molecular complexity index is 2700. The topological polar surface area (TPSA) is 175 Å². The Morgan fingerprint density at radius 3 is 1.65 bits per heavy atom. The average Bonchev–Trinajstić information content (AvgIpc) is 4.19. The van der Waals surface area contributed by atoms with Crippen LogP contribution in [-0.4, -0.2) is 80.0 Å². The molecule has 2 aliphatic heterocycles. The van der Waals surface area contributed by atoms with Crippen molar-refractivity contribution >= 4 is 35.0 Å². The predicted octanol–water partition coefficient (Wildman–Crippen LogP) is 9.48. The molecule has 0 spiro atoms. The van der Waals surface area contributed by atoms with E-state index in [0.29, 0.717) is 23.0 Å². The zero-order chi connectivity index (χ0) is 45.3. The van der Waals surface area contributed by atoms with E-state index in [9.17, 15) is 19.2 Å². The van der Waals surface area contributed by atoms with Gasteiger partial charge in [0.25, 0.3) is 11.8 Å². The first kappa shape index (κ1) is 43.0. The molecular weight excluding hydrogens is 833 g/mol. The van der Waals surface area contributed by atoms with Crippen molar-refractivity contribution < 1.29 is 28.7 Å². The molecule has 6 aromatic rings. The Kier molecular flexibility index (Phi) is 12.0. The molecular formula is C52H56N8O6. The maximum absolute atomic E-state index is 14.7. The molecule has 2 saturated carbocycles. The Morgan fingerprint density at radius 1 is 0.606 bits per heavy atom. The zero-order valence-corrected chi connectivity index (χ0v) is 37.3. The summed E-state index contributed by atoms with van der Waals surface area (Å²) in [6, 6.07) is 31.0. The second kappa shape index (κ2) is 18.5. The number of amides is 4. The van der Waals surface area contributed by atoms with Crippen molar-refractivity contribution in [3.63, 3.8) is 0 Å². The van der Waals surface area contributed by atoms with Gasteiger partial charge in [-0.15, -0.1) is 0 Å². The summed E-state index contributed by atoms with van der Waals surface area (Å²) in [6.07, 6.45) is 10.4. The standard InChI is InChI=1S/C52H56N8O6/c1-65-51(63)57-45(33-13-5-3-6-14-33)49(61)59-41-19-11-9-17-36(41)28-43(59)47-53-30-40(56-47)32-23-21-31(22-24-32)35-25-26-38-39(27-35)55-48(54-38)44-29-37-18-10-12-20-42(37)60(44)50(62)46(58-52(64)66-2)34-15-7-4-8-16-34/h3-8,13-16,21-27,30,36-37,41-46H,9-12,17-20,28-29H2,1-2H3,(H,53,56)(H,54,55)(H,57,63)(H,58,64)/t36-,37-,41-,42-,43-,44-,45+,46+/m0/s1. The molecule has 14 heteroatoms. The maximum atomic E-state index is 14.7. The van der Waals surface area contributed by atoms with Crippen LogP contribution >= 0.6 is 0 Å². The zero-order valence-electron chi connectivity index (χ0n) is 37.3. The monoisotopic (exact) mass is 888 g/mol. The number of fused-ring (bicyclic) bond motifs is 3. The molecule has 2 aromatic heterocycles. The number of aromatic amines is 2. The highest BCUT2D eigenvalue weighted by Crippen LogP contribution is 2.49. The van der Waals surface area contributed by atoms with Crippen molar-refractivity contribution in [3.05, 3.63) is 132 Å². The molecule has 8 atom stereocenters. The third kappa shape index (κ3) is 8.29. The number of hydrogen-bond donors (Lipinski definition) is 4. The van der Waals surface area contributed by atoms with Gasteiger partial charge in [-0.25, -0.2) is 19.6 Å². The molecule has 2 aliphatic carbocycles. The number of likely N-dealkylation sites (tertiary alicyclic amines) is 2. The number of ether oxygens (including phenoxy) is 2. The summed E-state index contributed by atoms with van der Waals surface area (Å²) in [4.78, 5) is 75.6. The lowest BCUT2D eigenvalue weighted by Gasteiger charge is -2.36. The largest absolute Gasteiger partial charge is 0.453 e. The van der Waals surface area contributed by atoms with Crippen LogP contribution in [0.1, 0.15) is 111 Å². The van der Waals surface area contributed by atoms with Crippen molar-refractivity contribution in [3.8, 4) is 22.4 Å². The van der Waals surface area contributed by atoms with Gasteiger partial charge in [0.1, 0.15) is 23.7 Å². The van der Waals surface area contributed by atoms with Crippen molar-refractivity contribution in [2.75, 3.05) is 14.2 Å². The van der Waals surface area contributed by atoms with Gasteiger partial charge in [-0.1, -0.05) is 117 Å². The Labute approximate surface area is 383 Å². The Hall–Kier alpha value is -6.96. The number of hydrogen-bond acceptors (Lipinski definition) is 8. The van der Waals surface area contributed by atoms with E-state index in [4.69, 9.17) is 19.4 Å². The highest BCUT2D eigenvalue weighted by Gasteiger charge is 2.50. The average molecular weight is 889 g/mol. The molecule has 10 rings (SSSR count). The minimum absolute atomic E-state index is 0.0567. The van der Waals surface area contributed by atoms with Crippen molar-refractivity contribution in [2.24, 2.45) is 11.8 Å². The smallest absolute Gasteiger partial charge is 0.407 e. The molecule has 4 aliphatic rings. The maximum Gasteiger partial charge on any atom is 0.407 e. The van der Waals surface area contributed by atoms with Crippen LogP contribution in [0.2, 0.25) is 0 Å². The molecule has 66 heavy (non-hydrogen) atoms. The number of carbonyl (C=O) groups excluding carboxylic acids is 4. The molecule has 0 bridgehead atoms. The molecule has 2 saturated heterocycles. The lowest BCUT2D eigenvalue weighted by atomic mass is 9.84. The highest BCUT2D eigenvalue weighted by atomic mass is 16.5. The lowest BCUT2D eigenvalue weighted by Crippen LogP contribution is -2.47. The van der Waals surface area contributed by atoms with E-state index in [-0.39, 0.29) is 36.0 Å². The number of carbonyl (C=O) groups is 4. The van der Waals surface area contributed by atoms with Crippen LogP contribution in [0.5, 0.6) is 0 Å². The normalized spacial score (nSPS) is 23.4. The first-order chi connectivity index (χ1) is 32.3. The van der Waals surface area contributed by atoms with Crippen molar-refractivity contribution in [1.29, 1.82) is 0 Å². The van der Waals surface area contributed by atoms with Crippen LogP contribution in [0.15, 0.2) is 109 Å². The van der Waals surface area contributed by atoms with Gasteiger partial charge in [0.2, 0.25) is 0 Å². The number of nitrogens with one attached hydrogen (secondary N) is 4. The van der Waals surface area contributed by atoms with Gasteiger partial charge in [0, 0.05) is 12.1 Å². The third-order valence-electron chi connectivity index (χ3n) is 14.6. The molecule has 4 amide bonds. The fourth-order valence-electron chi connectivity index (χ4n) is 11.4. The minimum Gasteiger partial charge on any atom is -0.453 e. The van der Waals surface area contributed by atoms with E-state index in [0.717, 1.165) is 109 Å². The second-order valence-electron chi connectivity index (χ2n) is 18.3. The van der Waals surface area contributed by atoms with Gasteiger partial charge < -0.3 is 39.9 Å². The van der Waals surface area contributed by atoms with Crippen molar-refractivity contribution in [1.82, 2.24) is 40.4 Å².